The molecule has 0 spiro atoms. The van der Waals surface area contributed by atoms with Crippen molar-refractivity contribution in [1.29, 1.82) is 0 Å². The van der Waals surface area contributed by atoms with Crippen molar-refractivity contribution < 1.29 is 19.8 Å². The van der Waals surface area contributed by atoms with Crippen LogP contribution in [0.2, 0.25) is 0 Å². The number of hydrogen-bond acceptors (Lipinski definition) is 9. The first kappa shape index (κ1) is 17.1. The second-order valence-electron chi connectivity index (χ2n) is 6.84. The molecule has 1 aliphatic rings. The standard InChI is InChI=1S/C21H21N9O3/c1-4-9-30-11-24-18(29-30)13-7-8-23-19(17(13)33-3)25-14-10-15(26-20(31)12-5-6-12)27-28-16(14)21(32)22-2/h1,7-8,10-12H,5-6,9H2,2-3H3,(H,22,32)(H2,23,25,26,27,31)/i2D3,12D. The highest BCUT2D eigenvalue weighted by molar-refractivity contribution is 5.99. The summed E-state index contributed by atoms with van der Waals surface area (Å²) in [4.78, 5) is 33.5. The molecule has 3 heterocycles. The van der Waals surface area contributed by atoms with Crippen molar-refractivity contribution in [3.63, 3.8) is 0 Å². The molecule has 3 aromatic heterocycles. The van der Waals surface area contributed by atoms with E-state index in [4.69, 9.17) is 16.6 Å². The molecule has 4 rings (SSSR count). The Balaban J connectivity index is 1.72. The number of nitrogens with zero attached hydrogens (tertiary/aromatic N) is 6. The average Bonchev–Trinajstić information content (AvgIpc) is 3.42. The minimum absolute atomic E-state index is 0.0318. The first-order chi connectivity index (χ1) is 17.5. The van der Waals surface area contributed by atoms with Crippen molar-refractivity contribution in [3.8, 4) is 29.5 Å². The van der Waals surface area contributed by atoms with Crippen molar-refractivity contribution in [3.05, 3.63) is 30.4 Å². The van der Waals surface area contributed by atoms with Gasteiger partial charge >= 0.3 is 0 Å². The fourth-order valence-corrected chi connectivity index (χ4v) is 2.90. The lowest BCUT2D eigenvalue weighted by atomic mass is 10.2. The van der Waals surface area contributed by atoms with E-state index in [0.29, 0.717) is 24.2 Å². The highest BCUT2D eigenvalue weighted by Crippen LogP contribution is 2.35. The van der Waals surface area contributed by atoms with Crippen LogP contribution in [0.5, 0.6) is 5.75 Å². The smallest absolute Gasteiger partial charge is 0.273 e. The van der Waals surface area contributed by atoms with E-state index in [1.165, 1.54) is 30.4 Å². The zero-order chi connectivity index (χ0) is 26.8. The number of terminal acetylenes is 1. The van der Waals surface area contributed by atoms with Crippen LogP contribution >= 0.6 is 0 Å². The fraction of sp³-hybridized carbons (Fsp3) is 0.286. The number of pyridine rings is 1. The summed E-state index contributed by atoms with van der Waals surface area (Å²) in [5.41, 5.74) is 0.0344. The lowest BCUT2D eigenvalue weighted by molar-refractivity contribution is -0.117. The van der Waals surface area contributed by atoms with Gasteiger partial charge in [-0.15, -0.1) is 21.7 Å². The van der Waals surface area contributed by atoms with Crippen LogP contribution in [0.4, 0.5) is 17.3 Å². The lowest BCUT2D eigenvalue weighted by Gasteiger charge is -2.15. The van der Waals surface area contributed by atoms with Crippen molar-refractivity contribution in [2.45, 2.75) is 19.4 Å². The minimum atomic E-state index is -2.79. The van der Waals surface area contributed by atoms with Crippen molar-refractivity contribution in [2.75, 3.05) is 24.7 Å². The Bertz CT molecular complexity index is 1400. The van der Waals surface area contributed by atoms with Gasteiger partial charge in [-0.3, -0.25) is 9.59 Å². The number of methoxy groups -OCH3 is 1. The first-order valence-corrected chi connectivity index (χ1v) is 9.68. The molecule has 12 heteroatoms. The summed E-state index contributed by atoms with van der Waals surface area (Å²) >= 11 is 0. The van der Waals surface area contributed by atoms with E-state index in [1.807, 2.05) is 5.32 Å². The highest BCUT2D eigenvalue weighted by Gasteiger charge is 2.30. The quantitative estimate of drug-likeness (QED) is 0.430. The van der Waals surface area contributed by atoms with Gasteiger partial charge in [0.05, 0.1) is 18.4 Å². The van der Waals surface area contributed by atoms with Gasteiger partial charge in [-0.25, -0.2) is 14.6 Å². The van der Waals surface area contributed by atoms with E-state index in [0.717, 1.165) is 0 Å². The van der Waals surface area contributed by atoms with Crippen LogP contribution in [0.15, 0.2) is 24.7 Å². The van der Waals surface area contributed by atoms with Gasteiger partial charge in [0.1, 0.15) is 12.9 Å². The lowest BCUT2D eigenvalue weighted by Crippen LogP contribution is -2.22. The topological polar surface area (TPSA) is 149 Å². The Hall–Kier alpha value is -4.53. The monoisotopic (exact) mass is 451 g/mol. The second kappa shape index (κ2) is 9.31. The van der Waals surface area contributed by atoms with Crippen LogP contribution in [-0.2, 0) is 11.3 Å². The van der Waals surface area contributed by atoms with Gasteiger partial charge in [0.15, 0.2) is 28.9 Å². The molecule has 0 radical (unpaired) electrons. The Kier molecular flexibility index (Phi) is 4.82. The van der Waals surface area contributed by atoms with Crippen LogP contribution in [0, 0.1) is 18.2 Å². The molecule has 1 aliphatic carbocycles. The molecule has 12 nitrogen and oxygen atoms in total. The van der Waals surface area contributed by atoms with Gasteiger partial charge in [0.25, 0.3) is 5.91 Å². The molecule has 1 saturated carbocycles. The third kappa shape index (κ3) is 4.72. The van der Waals surface area contributed by atoms with E-state index >= 15 is 0 Å². The van der Waals surface area contributed by atoms with E-state index in [9.17, 15) is 9.59 Å². The van der Waals surface area contributed by atoms with Gasteiger partial charge in [-0.05, 0) is 18.9 Å². The summed E-state index contributed by atoms with van der Waals surface area (Å²) in [5, 5.41) is 19.1. The number of hydrogen-bond donors (Lipinski definition) is 3. The van der Waals surface area contributed by atoms with E-state index in [1.54, 1.807) is 6.07 Å². The van der Waals surface area contributed by atoms with Crippen LogP contribution in [0.1, 0.15) is 28.8 Å². The molecule has 0 aromatic carbocycles. The summed E-state index contributed by atoms with van der Waals surface area (Å²) in [5.74, 6) is 0.164. The van der Waals surface area contributed by atoms with E-state index in [2.05, 4.69) is 41.8 Å². The third-order valence-electron chi connectivity index (χ3n) is 4.58. The Labute approximate surface area is 194 Å². The molecule has 168 valence electrons. The number of ether oxygens (including phenoxy) is 1. The Morgan fingerprint density at radius 1 is 1.39 bits per heavy atom. The third-order valence-corrected chi connectivity index (χ3v) is 4.58. The number of amides is 2. The summed E-state index contributed by atoms with van der Waals surface area (Å²) in [7, 11) is 1.39. The maximum atomic E-state index is 12.7. The molecule has 0 saturated heterocycles. The zero-order valence-corrected chi connectivity index (χ0v) is 17.4. The molecule has 3 N–H and O–H groups in total. The predicted octanol–water partition coefficient (Wildman–Crippen LogP) is 1.22. The number of nitrogens with one attached hydrogen (secondary N) is 3. The summed E-state index contributed by atoms with van der Waals surface area (Å²) in [6, 6.07) is 2.89. The van der Waals surface area contributed by atoms with Gasteiger partial charge < -0.3 is 20.7 Å². The SMILES string of the molecule is [2H]C([2H])([2H])NC(=O)c1nnc(NC(=O)C2([2H])CC2)cc1Nc1nccc(-c2ncn(CC#C)n2)c1OC. The van der Waals surface area contributed by atoms with Gasteiger partial charge in [-0.1, -0.05) is 5.92 Å². The number of anilines is 3. The summed E-state index contributed by atoms with van der Waals surface area (Å²) < 4.78 is 36.9. The van der Waals surface area contributed by atoms with E-state index in [-0.39, 0.29) is 35.3 Å². The molecule has 3 aromatic rings. The van der Waals surface area contributed by atoms with Crippen LogP contribution in [0.3, 0.4) is 0 Å². The molecular formula is C21H21N9O3. The largest absolute Gasteiger partial charge is 0.492 e. The van der Waals surface area contributed by atoms with Gasteiger partial charge in [0.2, 0.25) is 5.91 Å². The maximum Gasteiger partial charge on any atom is 0.273 e. The molecule has 0 unspecified atom stereocenters. The normalized spacial score (nSPS) is 15.6. The molecule has 0 aliphatic heterocycles. The van der Waals surface area contributed by atoms with Crippen molar-refractivity contribution >= 4 is 29.1 Å². The van der Waals surface area contributed by atoms with Crippen LogP contribution in [0.25, 0.3) is 11.4 Å². The predicted molar refractivity (Wildman–Crippen MR) is 119 cm³/mol. The minimum Gasteiger partial charge on any atom is -0.492 e. The van der Waals surface area contributed by atoms with Gasteiger partial charge in [0, 0.05) is 30.6 Å². The molecule has 33 heavy (non-hydrogen) atoms. The first-order valence-electron chi connectivity index (χ1n) is 11.7. The van der Waals surface area contributed by atoms with Gasteiger partial charge in [-0.2, -0.15) is 0 Å². The second-order valence-corrected chi connectivity index (χ2v) is 6.84. The average molecular weight is 451 g/mol. The number of carbonyl (C=O) groups is 2. The highest BCUT2D eigenvalue weighted by atomic mass is 16.5. The molecule has 2 amide bonds. The number of rotatable bonds is 8. The summed E-state index contributed by atoms with van der Waals surface area (Å²) in [6.07, 6.45) is 9.05. The molecule has 1 fully saturated rings. The van der Waals surface area contributed by atoms with Crippen LogP contribution in [-0.4, -0.2) is 55.8 Å². The Morgan fingerprint density at radius 2 is 2.24 bits per heavy atom. The van der Waals surface area contributed by atoms with E-state index < -0.39 is 24.7 Å². The van der Waals surface area contributed by atoms with Crippen molar-refractivity contribution in [1.82, 2.24) is 35.3 Å². The maximum absolute atomic E-state index is 12.7. The number of aromatic nitrogens is 6. The van der Waals surface area contributed by atoms with Crippen molar-refractivity contribution in [2.24, 2.45) is 5.89 Å². The zero-order valence-electron chi connectivity index (χ0n) is 21.4. The Morgan fingerprint density at radius 3 is 2.97 bits per heavy atom. The molecular weight excluding hydrogens is 426 g/mol. The number of carbonyl (C=O) groups excluding carboxylic acids is 2. The molecule has 0 atom stereocenters. The summed E-state index contributed by atoms with van der Waals surface area (Å²) in [6.45, 7) is -2.57. The molecule has 0 bridgehead atoms. The fourth-order valence-electron chi connectivity index (χ4n) is 2.90. The van der Waals surface area contributed by atoms with Crippen LogP contribution < -0.4 is 20.7 Å².